The van der Waals surface area contributed by atoms with Crippen LogP contribution in [0.5, 0.6) is 0 Å². The van der Waals surface area contributed by atoms with Crippen LogP contribution >= 0.6 is 11.3 Å². The first kappa shape index (κ1) is 27.7. The first-order valence-corrected chi connectivity index (χ1v) is 16.7. The summed E-state index contributed by atoms with van der Waals surface area (Å²) in [4.78, 5) is 10.4. The molecule has 0 bridgehead atoms. The highest BCUT2D eigenvalue weighted by Gasteiger charge is 2.36. The third-order valence-corrected chi connectivity index (χ3v) is 10.8. The van der Waals surface area contributed by atoms with Crippen LogP contribution in [0.1, 0.15) is 25.0 Å². The van der Waals surface area contributed by atoms with Crippen LogP contribution in [0.25, 0.3) is 83.6 Å². The van der Waals surface area contributed by atoms with Crippen LogP contribution in [0.4, 0.5) is 0 Å². The van der Waals surface area contributed by atoms with E-state index in [-0.39, 0.29) is 5.41 Å². The van der Waals surface area contributed by atoms with Crippen molar-refractivity contribution in [3.05, 3.63) is 149 Å². The van der Waals surface area contributed by atoms with E-state index < -0.39 is 0 Å². The lowest BCUT2D eigenvalue weighted by molar-refractivity contribution is 0.630. The van der Waals surface area contributed by atoms with Crippen LogP contribution in [0.3, 0.4) is 0 Å². The maximum absolute atomic E-state index is 5.29. The number of aromatic nitrogens is 3. The second-order valence-electron chi connectivity index (χ2n) is 12.8. The van der Waals surface area contributed by atoms with E-state index in [1.165, 1.54) is 48.0 Å². The molecule has 5 aromatic carbocycles. The molecule has 9 rings (SSSR count). The van der Waals surface area contributed by atoms with E-state index in [0.29, 0.717) is 5.82 Å². The SMILES string of the molecule is C=c1ccccc(=C)c(-c2nc(-c3ccc4c(c3)C(C)(C)c3cccc5c6sc7ccccc7c6n-4c35)nc3ccccc23)ccc1. The Morgan fingerprint density at radius 1 is 0.638 bits per heavy atom. The van der Waals surface area contributed by atoms with Gasteiger partial charge < -0.3 is 4.57 Å². The summed E-state index contributed by atoms with van der Waals surface area (Å²) in [5.41, 5.74) is 9.90. The van der Waals surface area contributed by atoms with Crippen LogP contribution in [-0.2, 0) is 5.41 Å². The Labute approximate surface area is 276 Å². The van der Waals surface area contributed by atoms with Gasteiger partial charge in [0, 0.05) is 37.4 Å². The fourth-order valence-corrected chi connectivity index (χ4v) is 8.50. The molecule has 3 nitrogen and oxygen atoms in total. The summed E-state index contributed by atoms with van der Waals surface area (Å²) in [6.45, 7) is 13.2. The van der Waals surface area contributed by atoms with E-state index in [1.807, 2.05) is 59.9 Å². The molecule has 0 fully saturated rings. The van der Waals surface area contributed by atoms with Crippen LogP contribution < -0.4 is 10.4 Å². The Kier molecular flexibility index (Phi) is 6.02. The second-order valence-corrected chi connectivity index (χ2v) is 13.9. The van der Waals surface area contributed by atoms with Crippen molar-refractivity contribution in [1.29, 1.82) is 0 Å². The number of para-hydroxylation sites is 2. The van der Waals surface area contributed by atoms with Gasteiger partial charge in [-0.1, -0.05) is 124 Å². The molecule has 0 amide bonds. The summed E-state index contributed by atoms with van der Waals surface area (Å²) >= 11 is 1.89. The lowest BCUT2D eigenvalue weighted by Crippen LogP contribution is -2.26. The van der Waals surface area contributed by atoms with Crippen molar-refractivity contribution in [2.75, 3.05) is 0 Å². The highest BCUT2D eigenvalue weighted by atomic mass is 32.1. The van der Waals surface area contributed by atoms with E-state index in [0.717, 1.165) is 38.2 Å². The third kappa shape index (κ3) is 4.11. The zero-order chi connectivity index (χ0) is 31.9. The van der Waals surface area contributed by atoms with E-state index in [9.17, 15) is 0 Å². The van der Waals surface area contributed by atoms with Crippen molar-refractivity contribution >= 4 is 66.6 Å². The molecule has 0 N–H and O–H groups in total. The predicted octanol–water partition coefficient (Wildman–Crippen LogP) is 9.86. The Morgan fingerprint density at radius 3 is 2.26 bits per heavy atom. The average Bonchev–Trinajstić information content (AvgIpc) is 3.62. The molecule has 4 heterocycles. The van der Waals surface area contributed by atoms with Gasteiger partial charge in [-0.2, -0.15) is 0 Å². The molecule has 0 saturated heterocycles. The molecule has 1 aliphatic heterocycles. The quantitative estimate of drug-likeness (QED) is 0.192. The number of nitrogens with zero attached hydrogens (tertiary/aromatic N) is 3. The predicted molar refractivity (Wildman–Crippen MR) is 200 cm³/mol. The van der Waals surface area contributed by atoms with Gasteiger partial charge >= 0.3 is 0 Å². The number of thiophene rings is 1. The zero-order valence-corrected chi connectivity index (χ0v) is 27.1. The van der Waals surface area contributed by atoms with E-state index >= 15 is 0 Å². The largest absolute Gasteiger partial charge is 0.307 e. The molecule has 8 aromatic rings. The van der Waals surface area contributed by atoms with Gasteiger partial charge in [0.15, 0.2) is 5.82 Å². The number of rotatable bonds is 2. The Bertz CT molecular complexity index is 2770. The van der Waals surface area contributed by atoms with E-state index in [4.69, 9.17) is 9.97 Å². The minimum Gasteiger partial charge on any atom is -0.307 e. The molecule has 0 spiro atoms. The van der Waals surface area contributed by atoms with Gasteiger partial charge in [0.1, 0.15) is 0 Å². The summed E-state index contributed by atoms with van der Waals surface area (Å²) in [5.74, 6) is 0.697. The van der Waals surface area contributed by atoms with E-state index in [2.05, 4.69) is 110 Å². The molecule has 0 atom stereocenters. The van der Waals surface area contributed by atoms with Gasteiger partial charge in [0.2, 0.25) is 0 Å². The molecule has 0 aliphatic carbocycles. The normalized spacial score (nSPS) is 13.2. The number of benzene rings is 4. The minimum atomic E-state index is -0.227. The molecule has 3 aromatic heterocycles. The highest BCUT2D eigenvalue weighted by molar-refractivity contribution is 7.26. The number of fused-ring (bicyclic) bond motifs is 8. The summed E-state index contributed by atoms with van der Waals surface area (Å²) in [6, 6.07) is 44.7. The van der Waals surface area contributed by atoms with Crippen molar-refractivity contribution in [3.63, 3.8) is 0 Å². The van der Waals surface area contributed by atoms with Crippen LogP contribution in [0, 0.1) is 0 Å². The van der Waals surface area contributed by atoms with Crippen molar-refractivity contribution < 1.29 is 0 Å². The molecular formula is C43H31N3S. The summed E-state index contributed by atoms with van der Waals surface area (Å²) in [6.07, 6.45) is 0. The van der Waals surface area contributed by atoms with Crippen molar-refractivity contribution in [2.45, 2.75) is 19.3 Å². The fourth-order valence-electron chi connectivity index (χ4n) is 7.29. The second kappa shape index (κ2) is 10.2. The summed E-state index contributed by atoms with van der Waals surface area (Å²) in [5, 5.41) is 5.43. The number of hydrogen-bond acceptors (Lipinski definition) is 3. The van der Waals surface area contributed by atoms with Gasteiger partial charge in [0.05, 0.1) is 32.6 Å². The molecule has 0 saturated carbocycles. The number of hydrogen-bond donors (Lipinski definition) is 0. The van der Waals surface area contributed by atoms with Gasteiger partial charge in [-0.3, -0.25) is 0 Å². The zero-order valence-electron chi connectivity index (χ0n) is 26.3. The third-order valence-electron chi connectivity index (χ3n) is 9.64. The Morgan fingerprint density at radius 2 is 1.36 bits per heavy atom. The van der Waals surface area contributed by atoms with Crippen molar-refractivity contribution in [3.8, 4) is 28.3 Å². The standard InChI is InChI=1S/C43H31N3S/c1-26-13-5-6-15-27(2)29(18-11-14-26)38-30-16-7-9-21-35(30)44-42(45-38)28-23-24-36-34(25-28)43(3,4)33-20-12-19-32-39(33)46(36)40-31-17-8-10-22-37(31)47-41(32)40/h5-25H,1-2H2,3-4H3. The van der Waals surface area contributed by atoms with Gasteiger partial charge in [-0.05, 0) is 51.9 Å². The molecule has 224 valence electrons. The highest BCUT2D eigenvalue weighted by Crippen LogP contribution is 2.51. The smallest absolute Gasteiger partial charge is 0.160 e. The van der Waals surface area contributed by atoms with Gasteiger partial charge in [-0.25, -0.2) is 9.97 Å². The molecular weight excluding hydrogens is 591 g/mol. The van der Waals surface area contributed by atoms with Gasteiger partial charge in [0.25, 0.3) is 0 Å². The fraction of sp³-hybridized carbons (Fsp3) is 0.0698. The maximum Gasteiger partial charge on any atom is 0.160 e. The monoisotopic (exact) mass is 621 g/mol. The lowest BCUT2D eigenvalue weighted by atomic mass is 9.74. The lowest BCUT2D eigenvalue weighted by Gasteiger charge is -2.35. The van der Waals surface area contributed by atoms with Crippen molar-refractivity contribution in [2.24, 2.45) is 0 Å². The summed E-state index contributed by atoms with van der Waals surface area (Å²) in [7, 11) is 0. The van der Waals surface area contributed by atoms with Crippen LogP contribution in [0.2, 0.25) is 0 Å². The first-order chi connectivity index (χ1) is 22.9. The molecule has 0 radical (unpaired) electrons. The molecule has 4 heteroatoms. The Hall–Kier alpha value is -5.58. The van der Waals surface area contributed by atoms with E-state index in [1.54, 1.807) is 0 Å². The van der Waals surface area contributed by atoms with Crippen molar-refractivity contribution in [1.82, 2.24) is 14.5 Å². The Balaban J connectivity index is 1.32. The summed E-state index contributed by atoms with van der Waals surface area (Å²) < 4.78 is 5.17. The first-order valence-electron chi connectivity index (χ1n) is 15.9. The van der Waals surface area contributed by atoms with Crippen LogP contribution in [0.15, 0.2) is 127 Å². The average molecular weight is 622 g/mol. The molecule has 0 unspecified atom stereocenters. The topological polar surface area (TPSA) is 30.7 Å². The molecule has 47 heavy (non-hydrogen) atoms. The van der Waals surface area contributed by atoms with Gasteiger partial charge in [-0.15, -0.1) is 11.3 Å². The van der Waals surface area contributed by atoms with Crippen LogP contribution in [-0.4, -0.2) is 14.5 Å². The maximum atomic E-state index is 5.29. The minimum absolute atomic E-state index is 0.227. The molecule has 1 aliphatic rings.